The van der Waals surface area contributed by atoms with Gasteiger partial charge in [0, 0.05) is 11.8 Å². The van der Waals surface area contributed by atoms with Gasteiger partial charge in [0.05, 0.1) is 12.0 Å². The summed E-state index contributed by atoms with van der Waals surface area (Å²) in [5, 5.41) is 2.15. The van der Waals surface area contributed by atoms with Crippen molar-refractivity contribution in [2.75, 3.05) is 11.9 Å². The lowest BCUT2D eigenvalue weighted by Crippen LogP contribution is -2.21. The molecule has 0 unspecified atom stereocenters. The number of hydrogen-bond acceptors (Lipinski definition) is 3. The van der Waals surface area contributed by atoms with Crippen molar-refractivity contribution in [2.45, 2.75) is 12.6 Å². The molecule has 1 amide bonds. The Kier molecular flexibility index (Phi) is 5.91. The average molecular weight is 373 g/mol. The first-order valence-corrected chi connectivity index (χ1v) is 7.21. The van der Waals surface area contributed by atoms with E-state index < -0.39 is 41.9 Å². The standard InChI is InChI=1S/C17H12F5NO3/c18-12-6-13(19)8-14(7-12)23-15(24)9-26-16(25)5-10-1-3-11(4-2-10)17(20,21)22/h1-4,6-8H,5,9H2,(H,23,24). The number of halogens is 5. The molecule has 0 fully saturated rings. The van der Waals surface area contributed by atoms with Crippen molar-refractivity contribution in [2.24, 2.45) is 0 Å². The molecular weight excluding hydrogens is 361 g/mol. The van der Waals surface area contributed by atoms with Crippen LogP contribution in [0.5, 0.6) is 0 Å². The Morgan fingerprint density at radius 2 is 1.54 bits per heavy atom. The van der Waals surface area contributed by atoms with Gasteiger partial charge in [-0.15, -0.1) is 0 Å². The predicted octanol–water partition coefficient (Wildman–Crippen LogP) is 3.71. The molecule has 0 atom stereocenters. The Balaban J connectivity index is 1.83. The molecule has 0 radical (unpaired) electrons. The highest BCUT2D eigenvalue weighted by molar-refractivity contribution is 5.92. The van der Waals surface area contributed by atoms with Crippen LogP contribution in [0.1, 0.15) is 11.1 Å². The van der Waals surface area contributed by atoms with Gasteiger partial charge in [-0.3, -0.25) is 9.59 Å². The highest BCUT2D eigenvalue weighted by atomic mass is 19.4. The number of carbonyl (C=O) groups is 2. The molecule has 0 aliphatic heterocycles. The van der Waals surface area contributed by atoms with Crippen LogP contribution in [0.25, 0.3) is 0 Å². The van der Waals surface area contributed by atoms with E-state index in [4.69, 9.17) is 0 Å². The molecule has 0 spiro atoms. The quantitative estimate of drug-likeness (QED) is 0.642. The number of alkyl halides is 3. The molecule has 0 aliphatic rings. The number of rotatable bonds is 5. The first-order chi connectivity index (χ1) is 12.1. The van der Waals surface area contributed by atoms with Crippen LogP contribution in [0, 0.1) is 11.6 Å². The van der Waals surface area contributed by atoms with Crippen LogP contribution < -0.4 is 5.32 Å². The zero-order valence-corrected chi connectivity index (χ0v) is 13.1. The highest BCUT2D eigenvalue weighted by Gasteiger charge is 2.30. The smallest absolute Gasteiger partial charge is 0.416 e. The maximum Gasteiger partial charge on any atom is 0.416 e. The number of nitrogens with one attached hydrogen (secondary N) is 1. The summed E-state index contributed by atoms with van der Waals surface area (Å²) >= 11 is 0. The van der Waals surface area contributed by atoms with E-state index in [1.54, 1.807) is 0 Å². The number of anilines is 1. The second-order valence-corrected chi connectivity index (χ2v) is 5.24. The van der Waals surface area contributed by atoms with Gasteiger partial charge in [0.25, 0.3) is 5.91 Å². The van der Waals surface area contributed by atoms with Crippen molar-refractivity contribution >= 4 is 17.6 Å². The van der Waals surface area contributed by atoms with Crippen molar-refractivity contribution in [1.29, 1.82) is 0 Å². The molecule has 138 valence electrons. The van der Waals surface area contributed by atoms with Crippen LogP contribution in [-0.2, 0) is 26.9 Å². The number of hydrogen-bond donors (Lipinski definition) is 1. The minimum atomic E-state index is -4.48. The lowest BCUT2D eigenvalue weighted by molar-refractivity contribution is -0.146. The second-order valence-electron chi connectivity index (χ2n) is 5.24. The Morgan fingerprint density at radius 3 is 2.08 bits per heavy atom. The van der Waals surface area contributed by atoms with E-state index in [1.165, 1.54) is 0 Å². The van der Waals surface area contributed by atoms with Gasteiger partial charge in [0.1, 0.15) is 11.6 Å². The number of ether oxygens (including phenoxy) is 1. The normalized spacial score (nSPS) is 11.1. The van der Waals surface area contributed by atoms with Crippen LogP contribution in [0.2, 0.25) is 0 Å². The molecule has 2 rings (SSSR count). The molecule has 9 heteroatoms. The first kappa shape index (κ1) is 19.4. The molecule has 2 aromatic carbocycles. The Labute approximate surface area is 144 Å². The van der Waals surface area contributed by atoms with Crippen LogP contribution in [0.15, 0.2) is 42.5 Å². The van der Waals surface area contributed by atoms with Gasteiger partial charge in [-0.25, -0.2) is 8.78 Å². The molecule has 0 saturated heterocycles. The summed E-state index contributed by atoms with van der Waals surface area (Å²) < 4.78 is 68.0. The average Bonchev–Trinajstić information content (AvgIpc) is 2.51. The minimum Gasteiger partial charge on any atom is -0.455 e. The fourth-order valence-corrected chi connectivity index (χ4v) is 2.00. The van der Waals surface area contributed by atoms with E-state index in [2.05, 4.69) is 10.1 Å². The largest absolute Gasteiger partial charge is 0.455 e. The molecule has 26 heavy (non-hydrogen) atoms. The summed E-state index contributed by atoms with van der Waals surface area (Å²) in [4.78, 5) is 23.2. The van der Waals surface area contributed by atoms with Crippen LogP contribution in [0.3, 0.4) is 0 Å². The number of carbonyl (C=O) groups excluding carboxylic acids is 2. The van der Waals surface area contributed by atoms with E-state index in [9.17, 15) is 31.5 Å². The third kappa shape index (κ3) is 5.83. The summed E-state index contributed by atoms with van der Waals surface area (Å²) in [7, 11) is 0. The SMILES string of the molecule is O=C(COC(=O)Cc1ccc(C(F)(F)F)cc1)Nc1cc(F)cc(F)c1. The van der Waals surface area contributed by atoms with Crippen molar-refractivity contribution < 1.29 is 36.3 Å². The van der Waals surface area contributed by atoms with Crippen molar-refractivity contribution in [1.82, 2.24) is 0 Å². The van der Waals surface area contributed by atoms with Gasteiger partial charge < -0.3 is 10.1 Å². The number of esters is 1. The van der Waals surface area contributed by atoms with Gasteiger partial charge >= 0.3 is 12.1 Å². The minimum absolute atomic E-state index is 0.147. The third-order valence-electron chi connectivity index (χ3n) is 3.14. The molecule has 0 bridgehead atoms. The highest BCUT2D eigenvalue weighted by Crippen LogP contribution is 2.29. The fraction of sp³-hybridized carbons (Fsp3) is 0.176. The van der Waals surface area contributed by atoms with Crippen molar-refractivity contribution in [3.05, 3.63) is 65.2 Å². The fourth-order valence-electron chi connectivity index (χ4n) is 2.00. The second kappa shape index (κ2) is 7.94. The first-order valence-electron chi connectivity index (χ1n) is 7.21. The van der Waals surface area contributed by atoms with Gasteiger partial charge in [0.15, 0.2) is 6.61 Å². The third-order valence-corrected chi connectivity index (χ3v) is 3.14. The van der Waals surface area contributed by atoms with Crippen LogP contribution in [-0.4, -0.2) is 18.5 Å². The topological polar surface area (TPSA) is 55.4 Å². The van der Waals surface area contributed by atoms with Crippen molar-refractivity contribution in [3.8, 4) is 0 Å². The van der Waals surface area contributed by atoms with E-state index in [0.717, 1.165) is 36.4 Å². The molecule has 0 saturated carbocycles. The summed E-state index contributed by atoms with van der Waals surface area (Å²) in [6, 6.07) is 6.29. The Hall–Kier alpha value is -2.97. The molecule has 0 aliphatic carbocycles. The summed E-state index contributed by atoms with van der Waals surface area (Å²) in [5.74, 6) is -3.44. The van der Waals surface area contributed by atoms with Crippen molar-refractivity contribution in [3.63, 3.8) is 0 Å². The maximum atomic E-state index is 13.0. The van der Waals surface area contributed by atoms with E-state index in [1.807, 2.05) is 0 Å². The lowest BCUT2D eigenvalue weighted by Gasteiger charge is -2.08. The summed E-state index contributed by atoms with van der Waals surface area (Å²) in [6.45, 7) is -0.711. The van der Waals surface area contributed by atoms with Gasteiger partial charge in [-0.1, -0.05) is 12.1 Å². The number of benzene rings is 2. The predicted molar refractivity (Wildman–Crippen MR) is 81.1 cm³/mol. The van der Waals surface area contributed by atoms with Gasteiger partial charge in [-0.05, 0) is 29.8 Å². The monoisotopic (exact) mass is 373 g/mol. The summed E-state index contributed by atoms with van der Waals surface area (Å²) in [5.41, 5.74) is -0.724. The molecule has 4 nitrogen and oxygen atoms in total. The van der Waals surface area contributed by atoms with E-state index >= 15 is 0 Å². The van der Waals surface area contributed by atoms with Crippen LogP contribution in [0.4, 0.5) is 27.6 Å². The molecular formula is C17H12F5NO3. The van der Waals surface area contributed by atoms with E-state index in [-0.39, 0.29) is 17.7 Å². The zero-order chi connectivity index (χ0) is 19.3. The Bertz CT molecular complexity index is 783. The summed E-state index contributed by atoms with van der Waals surface area (Å²) in [6.07, 6.45) is -4.81. The van der Waals surface area contributed by atoms with Crippen LogP contribution >= 0.6 is 0 Å². The number of amides is 1. The van der Waals surface area contributed by atoms with Gasteiger partial charge in [-0.2, -0.15) is 13.2 Å². The lowest BCUT2D eigenvalue weighted by atomic mass is 10.1. The Morgan fingerprint density at radius 1 is 0.962 bits per heavy atom. The molecule has 0 heterocycles. The zero-order valence-electron chi connectivity index (χ0n) is 13.1. The van der Waals surface area contributed by atoms with Gasteiger partial charge in [0.2, 0.25) is 0 Å². The molecule has 1 N–H and O–H groups in total. The molecule has 2 aromatic rings. The molecule has 0 aromatic heterocycles. The maximum absolute atomic E-state index is 13.0. The van der Waals surface area contributed by atoms with E-state index in [0.29, 0.717) is 6.07 Å².